The number of phenolic OH excluding ortho intramolecular Hbond substituents is 1. The lowest BCUT2D eigenvalue weighted by molar-refractivity contribution is -0.137. The van der Waals surface area contributed by atoms with Crippen LogP contribution < -0.4 is 0 Å². The summed E-state index contributed by atoms with van der Waals surface area (Å²) in [6, 6.07) is 5.73. The maximum Gasteiger partial charge on any atom is 0.303 e. The molecule has 1 aromatic rings. The quantitative estimate of drug-likeness (QED) is 0.873. The van der Waals surface area contributed by atoms with Gasteiger partial charge in [0.2, 0.25) is 0 Å². The van der Waals surface area contributed by atoms with Crippen molar-refractivity contribution in [2.75, 3.05) is 0 Å². The van der Waals surface area contributed by atoms with Crippen LogP contribution >= 0.6 is 0 Å². The van der Waals surface area contributed by atoms with Crippen molar-refractivity contribution in [2.45, 2.75) is 57.8 Å². The van der Waals surface area contributed by atoms with Gasteiger partial charge in [-0.2, -0.15) is 0 Å². The summed E-state index contributed by atoms with van der Waals surface area (Å²) in [6.45, 7) is 2.13. The number of hydrogen-bond acceptors (Lipinski definition) is 3. The molecule has 0 bridgehead atoms. The number of carboxylic acid groups (broad SMARTS) is 1. The Hall–Kier alpha value is -1.84. The predicted octanol–water partition coefficient (Wildman–Crippen LogP) is 3.91. The van der Waals surface area contributed by atoms with Crippen molar-refractivity contribution in [3.8, 4) is 5.75 Å². The van der Waals surface area contributed by atoms with Crippen molar-refractivity contribution < 1.29 is 19.8 Å². The molecule has 0 spiro atoms. The van der Waals surface area contributed by atoms with Gasteiger partial charge in [-0.05, 0) is 79.0 Å². The Morgan fingerprint density at radius 2 is 2.12 bits per heavy atom. The normalized spacial score (nSPS) is 36.4. The fraction of sp³-hybridized carbons (Fsp3) is 0.619. The lowest BCUT2D eigenvalue weighted by atomic mass is 9.54. The molecule has 4 unspecified atom stereocenters. The second-order valence-electron chi connectivity index (χ2n) is 8.49. The van der Waals surface area contributed by atoms with Crippen LogP contribution in [0.5, 0.6) is 5.75 Å². The number of benzene rings is 1. The Labute approximate surface area is 148 Å². The number of phenols is 1. The van der Waals surface area contributed by atoms with Gasteiger partial charge in [-0.1, -0.05) is 13.0 Å². The number of carboxylic acids is 1. The van der Waals surface area contributed by atoms with Crippen LogP contribution in [0.4, 0.5) is 0 Å². The van der Waals surface area contributed by atoms with Crippen molar-refractivity contribution in [3.05, 3.63) is 29.3 Å². The summed E-state index contributed by atoms with van der Waals surface area (Å²) in [6.07, 6.45) is 5.24. The summed E-state index contributed by atoms with van der Waals surface area (Å²) >= 11 is 0. The van der Waals surface area contributed by atoms with Gasteiger partial charge in [0.1, 0.15) is 11.5 Å². The fourth-order valence-electron chi connectivity index (χ4n) is 6.20. The third-order valence-electron chi connectivity index (χ3n) is 7.28. The number of rotatable bonds is 3. The molecule has 0 radical (unpaired) electrons. The molecule has 2 fully saturated rings. The van der Waals surface area contributed by atoms with E-state index >= 15 is 0 Å². The molecule has 2 N–H and O–H groups in total. The summed E-state index contributed by atoms with van der Waals surface area (Å²) in [5.74, 6) is 1.33. The number of aromatic hydroxyl groups is 1. The molecule has 0 aliphatic heterocycles. The molecule has 4 heteroatoms. The van der Waals surface area contributed by atoms with E-state index in [1.807, 2.05) is 6.07 Å². The lowest BCUT2D eigenvalue weighted by Crippen LogP contribution is -2.44. The minimum Gasteiger partial charge on any atom is -0.508 e. The van der Waals surface area contributed by atoms with E-state index in [1.165, 1.54) is 11.1 Å². The van der Waals surface area contributed by atoms with E-state index in [2.05, 4.69) is 13.0 Å². The van der Waals surface area contributed by atoms with E-state index in [9.17, 15) is 14.7 Å². The third kappa shape index (κ3) is 2.57. The zero-order valence-electron chi connectivity index (χ0n) is 14.7. The molecule has 0 heterocycles. The van der Waals surface area contributed by atoms with Gasteiger partial charge in [-0.25, -0.2) is 0 Å². The van der Waals surface area contributed by atoms with Gasteiger partial charge in [0, 0.05) is 18.3 Å². The zero-order chi connectivity index (χ0) is 17.8. The number of fused-ring (bicyclic) bond motifs is 5. The summed E-state index contributed by atoms with van der Waals surface area (Å²) in [7, 11) is 0. The van der Waals surface area contributed by atoms with Gasteiger partial charge >= 0.3 is 5.97 Å². The minimum atomic E-state index is -0.766. The molecular formula is C21H26O4. The molecule has 0 aromatic heterocycles. The van der Waals surface area contributed by atoms with E-state index in [-0.39, 0.29) is 17.8 Å². The summed E-state index contributed by atoms with van der Waals surface area (Å²) in [5.41, 5.74) is 2.32. The second-order valence-corrected chi connectivity index (χ2v) is 8.49. The lowest BCUT2D eigenvalue weighted by Gasteiger charge is -2.50. The molecule has 134 valence electrons. The molecule has 3 aliphatic carbocycles. The Kier molecular flexibility index (Phi) is 3.89. The maximum absolute atomic E-state index is 12.8. The highest BCUT2D eigenvalue weighted by atomic mass is 16.4. The van der Waals surface area contributed by atoms with E-state index < -0.39 is 5.97 Å². The number of aryl methyl sites for hydroxylation is 1. The molecule has 2 saturated carbocycles. The van der Waals surface area contributed by atoms with E-state index in [0.717, 1.165) is 25.7 Å². The highest BCUT2D eigenvalue weighted by Gasteiger charge is 2.58. The number of aliphatic carboxylic acids is 1. The molecule has 5 atom stereocenters. The van der Waals surface area contributed by atoms with Crippen molar-refractivity contribution in [3.63, 3.8) is 0 Å². The van der Waals surface area contributed by atoms with Crippen molar-refractivity contribution in [1.29, 1.82) is 0 Å². The summed E-state index contributed by atoms with van der Waals surface area (Å²) in [4.78, 5) is 23.8. The van der Waals surface area contributed by atoms with Gasteiger partial charge in [-0.15, -0.1) is 0 Å². The van der Waals surface area contributed by atoms with Crippen LogP contribution in [-0.2, 0) is 16.0 Å². The highest BCUT2D eigenvalue weighted by Crippen LogP contribution is 2.62. The van der Waals surface area contributed by atoms with Crippen LogP contribution in [0.15, 0.2) is 18.2 Å². The van der Waals surface area contributed by atoms with Gasteiger partial charge in [0.05, 0.1) is 0 Å². The third-order valence-corrected chi connectivity index (χ3v) is 7.28. The predicted molar refractivity (Wildman–Crippen MR) is 93.5 cm³/mol. The molecule has 0 saturated heterocycles. The Morgan fingerprint density at radius 3 is 2.88 bits per heavy atom. The van der Waals surface area contributed by atoms with Gasteiger partial charge in [0.15, 0.2) is 0 Å². The molecule has 0 amide bonds. The zero-order valence-corrected chi connectivity index (χ0v) is 14.7. The minimum absolute atomic E-state index is 0.159. The van der Waals surface area contributed by atoms with E-state index in [0.29, 0.717) is 42.1 Å². The molecule has 4 nitrogen and oxygen atoms in total. The first-order chi connectivity index (χ1) is 11.9. The van der Waals surface area contributed by atoms with Crippen molar-refractivity contribution >= 4 is 11.8 Å². The number of carbonyl (C=O) groups is 2. The largest absolute Gasteiger partial charge is 0.508 e. The van der Waals surface area contributed by atoms with Crippen molar-refractivity contribution in [2.24, 2.45) is 23.2 Å². The second kappa shape index (κ2) is 5.86. The average molecular weight is 342 g/mol. The number of Topliss-reactive ketones (excluding diaryl/α,β-unsaturated/α-hetero) is 1. The monoisotopic (exact) mass is 342 g/mol. The van der Waals surface area contributed by atoms with E-state index in [4.69, 9.17) is 5.11 Å². The molecule has 1 aromatic carbocycles. The van der Waals surface area contributed by atoms with Gasteiger partial charge in [-0.3, -0.25) is 9.59 Å². The molecule has 3 aliphatic rings. The Balaban J connectivity index is 1.67. The van der Waals surface area contributed by atoms with Gasteiger partial charge < -0.3 is 10.2 Å². The number of carbonyl (C=O) groups excluding carboxylic acids is 1. The van der Waals surface area contributed by atoms with E-state index in [1.54, 1.807) is 6.07 Å². The van der Waals surface area contributed by atoms with Crippen LogP contribution in [0.1, 0.15) is 62.5 Å². The number of hydrogen-bond donors (Lipinski definition) is 2. The standard InChI is InChI=1S/C21H26O4/c1-21-9-8-16-15-6-4-14(22)10-12(15)2-5-17(16)20(21)13(11-18(21)23)3-7-19(24)25/h4,6,10,13,16-17,20,22H,2-3,5,7-9,11H2,1H3,(H,24,25)/t13?,16?,17?,20?,21-/m1/s1. The Morgan fingerprint density at radius 1 is 1.32 bits per heavy atom. The number of ketones is 1. The van der Waals surface area contributed by atoms with Crippen LogP contribution in [0, 0.1) is 23.2 Å². The first-order valence-electron chi connectivity index (χ1n) is 9.47. The van der Waals surface area contributed by atoms with Crippen LogP contribution in [0.2, 0.25) is 0 Å². The van der Waals surface area contributed by atoms with Crippen LogP contribution in [0.25, 0.3) is 0 Å². The fourth-order valence-corrected chi connectivity index (χ4v) is 6.20. The highest BCUT2D eigenvalue weighted by molar-refractivity contribution is 5.87. The van der Waals surface area contributed by atoms with Crippen molar-refractivity contribution in [1.82, 2.24) is 0 Å². The molecular weight excluding hydrogens is 316 g/mol. The first kappa shape index (κ1) is 16.6. The molecule has 4 rings (SSSR count). The molecule has 25 heavy (non-hydrogen) atoms. The Bertz CT molecular complexity index is 725. The SMILES string of the molecule is C[C@]12CCC3c4ccc(O)cc4CCC3C1C(CCC(=O)O)CC2=O. The summed E-state index contributed by atoms with van der Waals surface area (Å²) in [5, 5.41) is 18.9. The maximum atomic E-state index is 12.8. The van der Waals surface area contributed by atoms with Crippen LogP contribution in [-0.4, -0.2) is 22.0 Å². The average Bonchev–Trinajstić information content (AvgIpc) is 2.83. The van der Waals surface area contributed by atoms with Crippen LogP contribution in [0.3, 0.4) is 0 Å². The topological polar surface area (TPSA) is 74.6 Å². The summed E-state index contributed by atoms with van der Waals surface area (Å²) < 4.78 is 0. The van der Waals surface area contributed by atoms with Gasteiger partial charge in [0.25, 0.3) is 0 Å². The smallest absolute Gasteiger partial charge is 0.303 e. The first-order valence-corrected chi connectivity index (χ1v) is 9.47.